The van der Waals surface area contributed by atoms with Crippen LogP contribution in [-0.4, -0.2) is 5.54 Å². The fourth-order valence-corrected chi connectivity index (χ4v) is 0.889. The molecular weight excluding hydrogens is 124 g/mol. The Hall–Kier alpha value is -0.0800. The average molecular weight is 144 g/mol. The molecule has 0 amide bonds. The van der Waals surface area contributed by atoms with Crippen molar-refractivity contribution in [3.8, 4) is 0 Å². The molecule has 0 bridgehead atoms. The number of nitrogens with two attached hydrogens (primary N) is 1. The third-order valence-corrected chi connectivity index (χ3v) is 1.80. The number of hydrogen-bond acceptors (Lipinski definition) is 2. The zero-order valence-electron chi connectivity index (χ0n) is 7.41. The van der Waals surface area contributed by atoms with E-state index in [1.807, 2.05) is 0 Å². The molecule has 0 spiro atoms. The summed E-state index contributed by atoms with van der Waals surface area (Å²) in [5.41, 5.74) is 2.92. The van der Waals surface area contributed by atoms with Gasteiger partial charge in [0, 0.05) is 5.54 Å². The van der Waals surface area contributed by atoms with Crippen molar-refractivity contribution in [2.24, 2.45) is 5.84 Å². The van der Waals surface area contributed by atoms with Crippen LogP contribution >= 0.6 is 0 Å². The van der Waals surface area contributed by atoms with Crippen LogP contribution in [-0.2, 0) is 0 Å². The Kier molecular flexibility index (Phi) is 4.65. The van der Waals surface area contributed by atoms with Gasteiger partial charge in [0.25, 0.3) is 0 Å². The quantitative estimate of drug-likeness (QED) is 0.351. The Morgan fingerprint density at radius 2 is 1.90 bits per heavy atom. The van der Waals surface area contributed by atoms with Crippen LogP contribution in [0.15, 0.2) is 0 Å². The molecule has 0 aliphatic heterocycles. The van der Waals surface area contributed by atoms with Crippen LogP contribution in [0, 0.1) is 0 Å². The Morgan fingerprint density at radius 3 is 2.30 bits per heavy atom. The van der Waals surface area contributed by atoms with Crippen molar-refractivity contribution < 1.29 is 0 Å². The number of unbranched alkanes of at least 4 members (excludes halogenated alkanes) is 2. The third-order valence-electron chi connectivity index (χ3n) is 1.80. The predicted octanol–water partition coefficient (Wildman–Crippen LogP) is 1.81. The fraction of sp³-hybridized carbons (Fsp3) is 1.00. The Balaban J connectivity index is 3.28. The minimum atomic E-state index is 0.120. The first-order chi connectivity index (χ1) is 4.62. The minimum Gasteiger partial charge on any atom is -0.271 e. The van der Waals surface area contributed by atoms with Crippen molar-refractivity contribution in [3.05, 3.63) is 0 Å². The number of nitrogens with one attached hydrogen (secondary N) is 1. The summed E-state index contributed by atoms with van der Waals surface area (Å²) in [6.07, 6.45) is 5.02. The second kappa shape index (κ2) is 4.69. The van der Waals surface area contributed by atoms with Gasteiger partial charge in [-0.05, 0) is 20.3 Å². The number of rotatable bonds is 5. The van der Waals surface area contributed by atoms with Gasteiger partial charge in [-0.15, -0.1) is 0 Å². The van der Waals surface area contributed by atoms with E-state index < -0.39 is 0 Å². The van der Waals surface area contributed by atoms with Gasteiger partial charge in [0.05, 0.1) is 0 Å². The molecule has 0 radical (unpaired) electrons. The first kappa shape index (κ1) is 9.92. The van der Waals surface area contributed by atoms with Gasteiger partial charge in [-0.25, -0.2) is 0 Å². The maximum absolute atomic E-state index is 5.34. The van der Waals surface area contributed by atoms with E-state index in [-0.39, 0.29) is 5.54 Å². The largest absolute Gasteiger partial charge is 0.271 e. The molecule has 2 nitrogen and oxygen atoms in total. The molecule has 0 aromatic carbocycles. The Morgan fingerprint density at radius 1 is 1.30 bits per heavy atom. The average Bonchev–Trinajstić information content (AvgIpc) is 1.89. The standard InChI is InChI=1S/C8H20N2/c1-4-5-6-7-8(2,3)10-9/h10H,4-7,9H2,1-3H3. The zero-order chi connectivity index (χ0) is 8.04. The Labute approximate surface area is 64.2 Å². The molecule has 0 atom stereocenters. The summed E-state index contributed by atoms with van der Waals surface area (Å²) in [6, 6.07) is 0. The van der Waals surface area contributed by atoms with E-state index in [0.29, 0.717) is 0 Å². The van der Waals surface area contributed by atoms with Crippen LogP contribution in [0.1, 0.15) is 46.5 Å². The van der Waals surface area contributed by atoms with Gasteiger partial charge < -0.3 is 0 Å². The summed E-state index contributed by atoms with van der Waals surface area (Å²) in [5, 5.41) is 0. The molecule has 2 heteroatoms. The van der Waals surface area contributed by atoms with Crippen LogP contribution in [0.25, 0.3) is 0 Å². The second-order valence-electron chi connectivity index (χ2n) is 3.49. The molecule has 0 aromatic rings. The maximum atomic E-state index is 5.34. The molecule has 62 valence electrons. The van der Waals surface area contributed by atoms with E-state index in [2.05, 4.69) is 26.2 Å². The smallest absolute Gasteiger partial charge is 0.0265 e. The highest BCUT2D eigenvalue weighted by atomic mass is 15.3. The summed E-state index contributed by atoms with van der Waals surface area (Å²) >= 11 is 0. The van der Waals surface area contributed by atoms with Crippen molar-refractivity contribution in [1.82, 2.24) is 5.43 Å². The molecule has 3 N–H and O–H groups in total. The van der Waals surface area contributed by atoms with E-state index in [1.54, 1.807) is 0 Å². The first-order valence-corrected chi connectivity index (χ1v) is 4.10. The van der Waals surface area contributed by atoms with Crippen molar-refractivity contribution >= 4 is 0 Å². The first-order valence-electron chi connectivity index (χ1n) is 4.10. The lowest BCUT2D eigenvalue weighted by Gasteiger charge is -2.22. The van der Waals surface area contributed by atoms with Crippen molar-refractivity contribution in [2.75, 3.05) is 0 Å². The van der Waals surface area contributed by atoms with Crippen LogP contribution < -0.4 is 11.3 Å². The normalized spacial score (nSPS) is 12.0. The topological polar surface area (TPSA) is 38.0 Å². The van der Waals surface area contributed by atoms with Crippen LogP contribution in [0.3, 0.4) is 0 Å². The van der Waals surface area contributed by atoms with Crippen molar-refractivity contribution in [3.63, 3.8) is 0 Å². The molecule has 0 rings (SSSR count). The van der Waals surface area contributed by atoms with Crippen molar-refractivity contribution in [1.29, 1.82) is 0 Å². The lowest BCUT2D eigenvalue weighted by atomic mass is 9.98. The van der Waals surface area contributed by atoms with Gasteiger partial charge in [0.1, 0.15) is 0 Å². The lowest BCUT2D eigenvalue weighted by Crippen LogP contribution is -2.43. The third kappa shape index (κ3) is 4.77. The molecule has 0 saturated carbocycles. The van der Waals surface area contributed by atoms with Crippen LogP contribution in [0.5, 0.6) is 0 Å². The number of hydrogen-bond donors (Lipinski definition) is 2. The highest BCUT2D eigenvalue weighted by Gasteiger charge is 2.13. The number of hydrazine groups is 1. The summed E-state index contributed by atoms with van der Waals surface area (Å²) < 4.78 is 0. The van der Waals surface area contributed by atoms with Crippen LogP contribution in [0.2, 0.25) is 0 Å². The summed E-state index contributed by atoms with van der Waals surface area (Å²) in [4.78, 5) is 0. The molecule has 0 heterocycles. The van der Waals surface area contributed by atoms with Gasteiger partial charge >= 0.3 is 0 Å². The maximum Gasteiger partial charge on any atom is 0.0265 e. The monoisotopic (exact) mass is 144 g/mol. The molecule has 0 fully saturated rings. The molecule has 0 unspecified atom stereocenters. The highest BCUT2D eigenvalue weighted by Crippen LogP contribution is 2.11. The predicted molar refractivity (Wildman–Crippen MR) is 45.5 cm³/mol. The van der Waals surface area contributed by atoms with Gasteiger partial charge in [-0.3, -0.25) is 11.3 Å². The van der Waals surface area contributed by atoms with E-state index >= 15 is 0 Å². The van der Waals surface area contributed by atoms with Gasteiger partial charge in [0.15, 0.2) is 0 Å². The summed E-state index contributed by atoms with van der Waals surface area (Å²) in [7, 11) is 0. The Bertz CT molecular complexity index is 79.3. The van der Waals surface area contributed by atoms with Gasteiger partial charge in [0.2, 0.25) is 0 Å². The van der Waals surface area contributed by atoms with Gasteiger partial charge in [-0.2, -0.15) is 0 Å². The second-order valence-corrected chi connectivity index (χ2v) is 3.49. The SMILES string of the molecule is CCCCCC(C)(C)NN. The molecule has 0 aliphatic rings. The molecule has 0 saturated heterocycles. The molecule has 0 aliphatic carbocycles. The summed E-state index contributed by atoms with van der Waals surface area (Å²) in [6.45, 7) is 6.47. The lowest BCUT2D eigenvalue weighted by molar-refractivity contribution is 0.356. The van der Waals surface area contributed by atoms with Gasteiger partial charge in [-0.1, -0.05) is 26.2 Å². The molecule has 0 aromatic heterocycles. The zero-order valence-corrected chi connectivity index (χ0v) is 7.41. The van der Waals surface area contributed by atoms with Crippen LogP contribution in [0.4, 0.5) is 0 Å². The fourth-order valence-electron chi connectivity index (χ4n) is 0.889. The minimum absolute atomic E-state index is 0.120. The molecular formula is C8H20N2. The van der Waals surface area contributed by atoms with E-state index in [9.17, 15) is 0 Å². The molecule has 10 heavy (non-hydrogen) atoms. The van der Waals surface area contributed by atoms with E-state index in [4.69, 9.17) is 5.84 Å². The highest BCUT2D eigenvalue weighted by molar-refractivity contribution is 4.73. The van der Waals surface area contributed by atoms with E-state index in [1.165, 1.54) is 19.3 Å². The van der Waals surface area contributed by atoms with Crippen molar-refractivity contribution in [2.45, 2.75) is 52.0 Å². The van der Waals surface area contributed by atoms with E-state index in [0.717, 1.165) is 6.42 Å². The summed E-state index contributed by atoms with van der Waals surface area (Å²) in [5.74, 6) is 5.34.